The molecule has 10 heavy (non-hydrogen) atoms. The van der Waals surface area contributed by atoms with Crippen molar-refractivity contribution in [2.75, 3.05) is 0 Å². The Kier molecular flexibility index (Phi) is 2.50. The molecule has 1 aliphatic carbocycles. The maximum Gasteiger partial charge on any atom is 0.0749 e. The molecule has 0 spiro atoms. The Bertz CT molecular complexity index is 118. The smallest absolute Gasteiger partial charge is 0.0749 e. The van der Waals surface area contributed by atoms with Crippen LogP contribution in [0.15, 0.2) is 12.7 Å². The highest BCUT2D eigenvalue weighted by Crippen LogP contribution is 2.38. The fourth-order valence-corrected chi connectivity index (χ4v) is 1.73. The average Bonchev–Trinajstić information content (AvgIpc) is 1.86. The van der Waals surface area contributed by atoms with E-state index in [0.717, 1.165) is 5.92 Å². The summed E-state index contributed by atoms with van der Waals surface area (Å²) < 4.78 is 0. The van der Waals surface area contributed by atoms with Gasteiger partial charge in [-0.25, -0.2) is 0 Å². The Morgan fingerprint density at radius 1 is 1.70 bits per heavy atom. The Morgan fingerprint density at radius 2 is 2.40 bits per heavy atom. The van der Waals surface area contributed by atoms with E-state index in [9.17, 15) is 5.11 Å². The zero-order valence-corrected chi connectivity index (χ0v) is 6.59. The maximum absolute atomic E-state index is 9.36. The van der Waals surface area contributed by atoms with Gasteiger partial charge >= 0.3 is 0 Å². The molecule has 1 N–H and O–H groups in total. The Labute approximate surface area is 62.8 Å². The number of rotatable bonds is 3. The largest absolute Gasteiger partial charge is 0.389 e. The van der Waals surface area contributed by atoms with Crippen molar-refractivity contribution in [3.05, 3.63) is 12.7 Å². The molecule has 0 saturated heterocycles. The number of aliphatic hydroxyl groups excluding tert-OH is 1. The van der Waals surface area contributed by atoms with Crippen molar-refractivity contribution in [2.45, 2.75) is 32.3 Å². The van der Waals surface area contributed by atoms with E-state index in [1.165, 1.54) is 19.3 Å². The second-order valence-corrected chi connectivity index (χ2v) is 3.14. The van der Waals surface area contributed by atoms with Gasteiger partial charge in [0, 0.05) is 0 Å². The Balaban J connectivity index is 2.34. The van der Waals surface area contributed by atoms with Crippen molar-refractivity contribution >= 4 is 0 Å². The van der Waals surface area contributed by atoms with Crippen LogP contribution in [0.25, 0.3) is 0 Å². The molecule has 1 heteroatoms. The molecule has 1 rings (SSSR count). The van der Waals surface area contributed by atoms with E-state index in [0.29, 0.717) is 5.92 Å². The molecule has 0 aromatic heterocycles. The predicted octanol–water partition coefficient (Wildman–Crippen LogP) is 1.97. The third-order valence-electron chi connectivity index (χ3n) is 2.68. The van der Waals surface area contributed by atoms with Crippen LogP contribution in [0, 0.1) is 11.8 Å². The Hall–Kier alpha value is -0.300. The molecular weight excluding hydrogens is 124 g/mol. The van der Waals surface area contributed by atoms with E-state index >= 15 is 0 Å². The lowest BCUT2D eigenvalue weighted by atomic mass is 9.69. The normalized spacial score (nSPS) is 34.6. The van der Waals surface area contributed by atoms with Gasteiger partial charge in [-0.3, -0.25) is 0 Å². The molecular formula is C9H16O. The lowest BCUT2D eigenvalue weighted by Crippen LogP contribution is -2.34. The van der Waals surface area contributed by atoms with Gasteiger partial charge < -0.3 is 5.11 Å². The van der Waals surface area contributed by atoms with Crippen LogP contribution >= 0.6 is 0 Å². The van der Waals surface area contributed by atoms with Gasteiger partial charge in [0.2, 0.25) is 0 Å². The maximum atomic E-state index is 9.36. The van der Waals surface area contributed by atoms with E-state index in [-0.39, 0.29) is 6.10 Å². The summed E-state index contributed by atoms with van der Waals surface area (Å²) in [5, 5.41) is 9.36. The van der Waals surface area contributed by atoms with Gasteiger partial charge in [0.25, 0.3) is 0 Å². The van der Waals surface area contributed by atoms with Gasteiger partial charge in [-0.2, -0.15) is 0 Å². The lowest BCUT2D eigenvalue weighted by molar-refractivity contribution is 0.0413. The highest BCUT2D eigenvalue weighted by molar-refractivity contribution is 4.92. The van der Waals surface area contributed by atoms with Crippen LogP contribution in [0.4, 0.5) is 0 Å². The highest BCUT2D eigenvalue weighted by Gasteiger charge is 2.33. The van der Waals surface area contributed by atoms with Crippen LogP contribution < -0.4 is 0 Å². The zero-order chi connectivity index (χ0) is 7.56. The molecule has 1 aliphatic rings. The molecule has 0 amide bonds. The van der Waals surface area contributed by atoms with Gasteiger partial charge in [-0.1, -0.05) is 19.4 Å². The molecule has 0 heterocycles. The summed E-state index contributed by atoms with van der Waals surface area (Å²) in [4.78, 5) is 0. The van der Waals surface area contributed by atoms with Gasteiger partial charge in [-0.15, -0.1) is 6.58 Å². The summed E-state index contributed by atoms with van der Waals surface area (Å²) >= 11 is 0. The van der Waals surface area contributed by atoms with Gasteiger partial charge in [0.1, 0.15) is 0 Å². The van der Waals surface area contributed by atoms with Crippen molar-refractivity contribution in [1.82, 2.24) is 0 Å². The average molecular weight is 140 g/mol. The zero-order valence-electron chi connectivity index (χ0n) is 6.59. The minimum Gasteiger partial charge on any atom is -0.389 e. The van der Waals surface area contributed by atoms with Crippen LogP contribution in [-0.4, -0.2) is 11.2 Å². The lowest BCUT2D eigenvalue weighted by Gasteiger charge is -2.38. The minimum absolute atomic E-state index is 0.251. The monoisotopic (exact) mass is 140 g/mol. The van der Waals surface area contributed by atoms with Crippen LogP contribution in [0.5, 0.6) is 0 Å². The molecule has 0 bridgehead atoms. The van der Waals surface area contributed by atoms with Crippen LogP contribution in [0.1, 0.15) is 26.2 Å². The van der Waals surface area contributed by atoms with Crippen LogP contribution in [-0.2, 0) is 0 Å². The summed E-state index contributed by atoms with van der Waals surface area (Å²) in [6, 6.07) is 0. The standard InChI is InChI=1S/C9H16O/c1-3-7-5-6-8(7)9(10)4-2/h4,7-10H,2-3,5-6H2,1H3/t7-,8-,9-/m1/s1. The van der Waals surface area contributed by atoms with E-state index < -0.39 is 0 Å². The van der Waals surface area contributed by atoms with Crippen molar-refractivity contribution in [2.24, 2.45) is 11.8 Å². The van der Waals surface area contributed by atoms with Gasteiger partial charge in [-0.05, 0) is 24.7 Å². The van der Waals surface area contributed by atoms with E-state index in [4.69, 9.17) is 0 Å². The molecule has 3 atom stereocenters. The van der Waals surface area contributed by atoms with E-state index in [2.05, 4.69) is 13.5 Å². The predicted molar refractivity (Wildman–Crippen MR) is 42.7 cm³/mol. The Morgan fingerprint density at radius 3 is 2.70 bits per heavy atom. The first-order valence-electron chi connectivity index (χ1n) is 4.10. The first kappa shape index (κ1) is 7.80. The number of aliphatic hydroxyl groups is 1. The van der Waals surface area contributed by atoms with Gasteiger partial charge in [0.15, 0.2) is 0 Å². The third-order valence-corrected chi connectivity index (χ3v) is 2.68. The SMILES string of the molecule is C=C[C@@H](O)[C@@H]1CC[C@H]1CC. The molecule has 1 nitrogen and oxygen atoms in total. The first-order chi connectivity index (χ1) is 4.79. The number of hydrogen-bond acceptors (Lipinski definition) is 1. The highest BCUT2D eigenvalue weighted by atomic mass is 16.3. The van der Waals surface area contributed by atoms with E-state index in [1.807, 2.05) is 0 Å². The van der Waals surface area contributed by atoms with Crippen molar-refractivity contribution in [3.8, 4) is 0 Å². The number of hydrogen-bond donors (Lipinski definition) is 1. The van der Waals surface area contributed by atoms with Crippen molar-refractivity contribution in [3.63, 3.8) is 0 Å². The fraction of sp³-hybridized carbons (Fsp3) is 0.778. The molecule has 0 aliphatic heterocycles. The fourth-order valence-electron chi connectivity index (χ4n) is 1.73. The molecule has 58 valence electrons. The van der Waals surface area contributed by atoms with Crippen LogP contribution in [0.2, 0.25) is 0 Å². The molecule has 0 aromatic carbocycles. The minimum atomic E-state index is -0.251. The summed E-state index contributed by atoms with van der Waals surface area (Å²) in [5.74, 6) is 1.27. The summed E-state index contributed by atoms with van der Waals surface area (Å²) in [6.45, 7) is 5.77. The summed E-state index contributed by atoms with van der Waals surface area (Å²) in [6.07, 6.45) is 5.10. The topological polar surface area (TPSA) is 20.2 Å². The molecule has 0 radical (unpaired) electrons. The first-order valence-corrected chi connectivity index (χ1v) is 4.10. The van der Waals surface area contributed by atoms with Crippen LogP contribution in [0.3, 0.4) is 0 Å². The van der Waals surface area contributed by atoms with Crippen molar-refractivity contribution < 1.29 is 5.11 Å². The molecule has 0 unspecified atom stereocenters. The third kappa shape index (κ3) is 1.24. The quantitative estimate of drug-likeness (QED) is 0.594. The second-order valence-electron chi connectivity index (χ2n) is 3.14. The van der Waals surface area contributed by atoms with Crippen molar-refractivity contribution in [1.29, 1.82) is 0 Å². The summed E-state index contributed by atoms with van der Waals surface area (Å²) in [7, 11) is 0. The van der Waals surface area contributed by atoms with E-state index in [1.54, 1.807) is 6.08 Å². The summed E-state index contributed by atoms with van der Waals surface area (Å²) in [5.41, 5.74) is 0. The van der Waals surface area contributed by atoms with Gasteiger partial charge in [0.05, 0.1) is 6.10 Å². The molecule has 0 aromatic rings. The molecule has 1 fully saturated rings. The second kappa shape index (κ2) is 3.20. The molecule has 1 saturated carbocycles.